The molecule has 0 saturated heterocycles. The van der Waals surface area contributed by atoms with Crippen molar-refractivity contribution >= 4 is 5.69 Å². The van der Waals surface area contributed by atoms with Gasteiger partial charge in [-0.05, 0) is 62.5 Å². The van der Waals surface area contributed by atoms with E-state index in [2.05, 4.69) is 36.1 Å². The highest BCUT2D eigenvalue weighted by Crippen LogP contribution is 2.41. The van der Waals surface area contributed by atoms with Crippen LogP contribution in [0.15, 0.2) is 24.3 Å². The van der Waals surface area contributed by atoms with Gasteiger partial charge in [-0.15, -0.1) is 0 Å². The van der Waals surface area contributed by atoms with Gasteiger partial charge < -0.3 is 10.6 Å². The maximum Gasteiger partial charge on any atom is 0.0524 e. The topological polar surface area (TPSA) is 29.3 Å². The molecule has 0 radical (unpaired) electrons. The molecule has 1 saturated carbocycles. The third kappa shape index (κ3) is 2.83. The Balaban J connectivity index is 1.90. The second-order valence-electron chi connectivity index (χ2n) is 7.02. The van der Waals surface area contributed by atoms with Crippen LogP contribution < -0.4 is 10.6 Å². The smallest absolute Gasteiger partial charge is 0.0524 e. The number of hydrogen-bond donors (Lipinski definition) is 1. The first-order valence-corrected chi connectivity index (χ1v) is 8.85. The van der Waals surface area contributed by atoms with Crippen molar-refractivity contribution in [2.75, 3.05) is 18.0 Å². The van der Waals surface area contributed by atoms with E-state index in [1.165, 1.54) is 69.2 Å². The van der Waals surface area contributed by atoms with Crippen molar-refractivity contribution < 1.29 is 0 Å². The van der Waals surface area contributed by atoms with Crippen LogP contribution >= 0.6 is 0 Å². The fourth-order valence-electron chi connectivity index (χ4n) is 4.39. The van der Waals surface area contributed by atoms with Gasteiger partial charge in [0.05, 0.1) is 5.54 Å². The van der Waals surface area contributed by atoms with E-state index in [1.807, 2.05) is 0 Å². The summed E-state index contributed by atoms with van der Waals surface area (Å²) in [5.74, 6) is 0.923. The molecule has 0 aromatic heterocycles. The molecule has 2 aliphatic rings. The number of aryl methyl sites for hydroxylation is 1. The Labute approximate surface area is 129 Å². The summed E-state index contributed by atoms with van der Waals surface area (Å²) in [5, 5.41) is 0. The van der Waals surface area contributed by atoms with Gasteiger partial charge >= 0.3 is 0 Å². The Morgan fingerprint density at radius 2 is 1.95 bits per heavy atom. The van der Waals surface area contributed by atoms with Gasteiger partial charge in [0.2, 0.25) is 0 Å². The van der Waals surface area contributed by atoms with Gasteiger partial charge in [0.25, 0.3) is 0 Å². The zero-order chi connectivity index (χ0) is 14.7. The first kappa shape index (κ1) is 14.9. The summed E-state index contributed by atoms with van der Waals surface area (Å²) >= 11 is 0. The minimum Gasteiger partial charge on any atom is -0.364 e. The van der Waals surface area contributed by atoms with Crippen molar-refractivity contribution in [1.82, 2.24) is 0 Å². The van der Waals surface area contributed by atoms with E-state index in [-0.39, 0.29) is 5.54 Å². The third-order valence-electron chi connectivity index (χ3n) is 5.93. The Kier molecular flexibility index (Phi) is 4.54. The molecule has 0 bridgehead atoms. The van der Waals surface area contributed by atoms with Crippen molar-refractivity contribution in [3.05, 3.63) is 29.8 Å². The van der Waals surface area contributed by atoms with Gasteiger partial charge in [-0.1, -0.05) is 31.5 Å². The molecular formula is C19H30N2. The van der Waals surface area contributed by atoms with E-state index in [4.69, 9.17) is 5.73 Å². The fraction of sp³-hybridized carbons (Fsp3) is 0.684. The largest absolute Gasteiger partial charge is 0.364 e. The summed E-state index contributed by atoms with van der Waals surface area (Å²) in [7, 11) is 0. The van der Waals surface area contributed by atoms with Crippen molar-refractivity contribution in [3.63, 3.8) is 0 Å². The average Bonchev–Trinajstić information content (AvgIpc) is 2.78. The summed E-state index contributed by atoms with van der Waals surface area (Å²) in [4.78, 5) is 2.70. The summed E-state index contributed by atoms with van der Waals surface area (Å²) in [6.45, 7) is 4.32. The monoisotopic (exact) mass is 286 g/mol. The van der Waals surface area contributed by atoms with Crippen LogP contribution in [0, 0.1) is 5.92 Å². The lowest BCUT2D eigenvalue weighted by Gasteiger charge is -2.49. The SMILES string of the molecule is CCC1CCC(CN)(N2CCCCc3ccccc32)CC1. The van der Waals surface area contributed by atoms with E-state index < -0.39 is 0 Å². The molecule has 1 aromatic carbocycles. The Hall–Kier alpha value is -1.02. The number of rotatable bonds is 3. The summed E-state index contributed by atoms with van der Waals surface area (Å²) in [6.07, 6.45) is 10.4. The first-order valence-electron chi connectivity index (χ1n) is 8.85. The van der Waals surface area contributed by atoms with Crippen molar-refractivity contribution in [2.24, 2.45) is 11.7 Å². The molecule has 2 nitrogen and oxygen atoms in total. The highest BCUT2D eigenvalue weighted by atomic mass is 15.2. The molecule has 21 heavy (non-hydrogen) atoms. The number of benzene rings is 1. The molecule has 3 rings (SSSR count). The maximum atomic E-state index is 6.32. The maximum absolute atomic E-state index is 6.32. The van der Waals surface area contributed by atoms with Crippen LogP contribution in [0.3, 0.4) is 0 Å². The predicted molar refractivity (Wildman–Crippen MR) is 90.8 cm³/mol. The van der Waals surface area contributed by atoms with Gasteiger partial charge in [0.15, 0.2) is 0 Å². The van der Waals surface area contributed by atoms with Crippen LogP contribution in [-0.2, 0) is 6.42 Å². The van der Waals surface area contributed by atoms with Gasteiger partial charge in [0.1, 0.15) is 0 Å². The second kappa shape index (κ2) is 6.39. The minimum atomic E-state index is 0.214. The molecule has 2 heteroatoms. The number of hydrogen-bond acceptors (Lipinski definition) is 2. The van der Waals surface area contributed by atoms with Crippen molar-refractivity contribution in [3.8, 4) is 0 Å². The van der Waals surface area contributed by atoms with E-state index in [9.17, 15) is 0 Å². The van der Waals surface area contributed by atoms with Gasteiger partial charge in [-0.25, -0.2) is 0 Å². The fourth-order valence-corrected chi connectivity index (χ4v) is 4.39. The molecule has 1 aliphatic heterocycles. The molecule has 2 N–H and O–H groups in total. The van der Waals surface area contributed by atoms with Crippen LogP contribution in [0.25, 0.3) is 0 Å². The molecule has 116 valence electrons. The van der Waals surface area contributed by atoms with E-state index in [0.29, 0.717) is 0 Å². The Bertz CT molecular complexity index is 460. The number of para-hydroxylation sites is 1. The first-order chi connectivity index (χ1) is 10.3. The van der Waals surface area contributed by atoms with Crippen LogP contribution in [0.1, 0.15) is 57.4 Å². The molecule has 1 aromatic rings. The predicted octanol–water partition coefficient (Wildman–Crippen LogP) is 4.13. The van der Waals surface area contributed by atoms with E-state index in [0.717, 1.165) is 12.5 Å². The molecule has 1 fully saturated rings. The second-order valence-corrected chi connectivity index (χ2v) is 7.02. The van der Waals surface area contributed by atoms with Gasteiger partial charge in [-0.3, -0.25) is 0 Å². The summed E-state index contributed by atoms with van der Waals surface area (Å²) < 4.78 is 0. The van der Waals surface area contributed by atoms with E-state index >= 15 is 0 Å². The molecule has 0 amide bonds. The quantitative estimate of drug-likeness (QED) is 0.905. The molecule has 0 atom stereocenters. The average molecular weight is 286 g/mol. The highest BCUT2D eigenvalue weighted by molar-refractivity contribution is 5.57. The molecular weight excluding hydrogens is 256 g/mol. The molecule has 0 spiro atoms. The standard InChI is InChI=1S/C19H30N2/c1-2-16-10-12-19(15-20,13-11-16)21-14-6-5-8-17-7-3-4-9-18(17)21/h3-4,7,9,16H,2,5-6,8,10-15,20H2,1H3. The Morgan fingerprint density at radius 1 is 1.19 bits per heavy atom. The summed E-state index contributed by atoms with van der Waals surface area (Å²) in [5.41, 5.74) is 9.53. The lowest BCUT2D eigenvalue weighted by molar-refractivity contribution is 0.221. The van der Waals surface area contributed by atoms with Crippen molar-refractivity contribution in [1.29, 1.82) is 0 Å². The number of anilines is 1. The third-order valence-corrected chi connectivity index (χ3v) is 5.93. The van der Waals surface area contributed by atoms with Crippen LogP contribution in [0.2, 0.25) is 0 Å². The van der Waals surface area contributed by atoms with Gasteiger partial charge in [0, 0.05) is 18.8 Å². The van der Waals surface area contributed by atoms with Crippen LogP contribution in [0.4, 0.5) is 5.69 Å². The lowest BCUT2D eigenvalue weighted by Crippen LogP contribution is -2.56. The van der Waals surface area contributed by atoms with Crippen molar-refractivity contribution in [2.45, 2.75) is 63.8 Å². The number of nitrogens with zero attached hydrogens (tertiary/aromatic N) is 1. The highest BCUT2D eigenvalue weighted by Gasteiger charge is 2.39. The summed E-state index contributed by atoms with van der Waals surface area (Å²) in [6, 6.07) is 9.02. The number of fused-ring (bicyclic) bond motifs is 1. The van der Waals surface area contributed by atoms with Gasteiger partial charge in [-0.2, -0.15) is 0 Å². The molecule has 1 aliphatic carbocycles. The van der Waals surface area contributed by atoms with Crippen LogP contribution in [0.5, 0.6) is 0 Å². The normalized spacial score (nSPS) is 29.8. The minimum absolute atomic E-state index is 0.214. The molecule has 1 heterocycles. The zero-order valence-corrected chi connectivity index (χ0v) is 13.5. The molecule has 0 unspecified atom stereocenters. The zero-order valence-electron chi connectivity index (χ0n) is 13.5. The number of nitrogens with two attached hydrogens (primary N) is 1. The lowest BCUT2D eigenvalue weighted by atomic mass is 9.74. The van der Waals surface area contributed by atoms with Crippen LogP contribution in [-0.4, -0.2) is 18.6 Å². The van der Waals surface area contributed by atoms with E-state index in [1.54, 1.807) is 0 Å². The Morgan fingerprint density at radius 3 is 2.67 bits per heavy atom.